The van der Waals surface area contributed by atoms with Crippen LogP contribution >= 0.6 is 11.3 Å². The van der Waals surface area contributed by atoms with Crippen LogP contribution in [0.4, 0.5) is 5.69 Å². The van der Waals surface area contributed by atoms with Gasteiger partial charge in [0.15, 0.2) is 0 Å². The molecule has 0 saturated heterocycles. The Morgan fingerprint density at radius 2 is 2.25 bits per heavy atom. The standard InChI is InChI=1S/C15H19N3OS/c1-5-7-18(6-2)15(19)14-13(16)12-10(4)17-9(3)8-11(12)20-14/h5,8H,1,6-7,16H2,2-4H3. The first kappa shape index (κ1) is 14.5. The Kier molecular flexibility index (Phi) is 4.09. The largest absolute Gasteiger partial charge is 0.397 e. The lowest BCUT2D eigenvalue weighted by molar-refractivity contribution is 0.0788. The smallest absolute Gasteiger partial charge is 0.266 e. The van der Waals surface area contributed by atoms with Crippen molar-refractivity contribution in [3.8, 4) is 0 Å². The van der Waals surface area contributed by atoms with Crippen molar-refractivity contribution in [2.24, 2.45) is 0 Å². The summed E-state index contributed by atoms with van der Waals surface area (Å²) in [6.45, 7) is 10.7. The van der Waals surface area contributed by atoms with Crippen LogP contribution in [0.5, 0.6) is 0 Å². The highest BCUT2D eigenvalue weighted by Crippen LogP contribution is 2.36. The van der Waals surface area contributed by atoms with E-state index in [4.69, 9.17) is 5.73 Å². The molecule has 0 atom stereocenters. The number of likely N-dealkylation sites (N-methyl/N-ethyl adjacent to an activating group) is 1. The maximum atomic E-state index is 12.5. The minimum Gasteiger partial charge on any atom is -0.397 e. The summed E-state index contributed by atoms with van der Waals surface area (Å²) in [5.74, 6) is -0.0387. The van der Waals surface area contributed by atoms with Gasteiger partial charge in [0.2, 0.25) is 0 Å². The van der Waals surface area contributed by atoms with Gasteiger partial charge in [-0.2, -0.15) is 0 Å². The van der Waals surface area contributed by atoms with Crippen LogP contribution in [0.25, 0.3) is 10.1 Å². The molecule has 2 N–H and O–H groups in total. The van der Waals surface area contributed by atoms with Gasteiger partial charge in [-0.15, -0.1) is 17.9 Å². The lowest BCUT2D eigenvalue weighted by Gasteiger charge is -2.18. The zero-order chi connectivity index (χ0) is 14.9. The summed E-state index contributed by atoms with van der Waals surface area (Å²) in [7, 11) is 0. The van der Waals surface area contributed by atoms with E-state index in [-0.39, 0.29) is 5.91 Å². The number of nitrogens with two attached hydrogens (primary N) is 1. The van der Waals surface area contributed by atoms with Crippen LogP contribution in [0.3, 0.4) is 0 Å². The van der Waals surface area contributed by atoms with Gasteiger partial charge in [-0.25, -0.2) is 0 Å². The van der Waals surface area contributed by atoms with E-state index in [0.29, 0.717) is 23.7 Å². The van der Waals surface area contributed by atoms with Crippen LogP contribution in [0.15, 0.2) is 18.7 Å². The molecule has 20 heavy (non-hydrogen) atoms. The number of amides is 1. The summed E-state index contributed by atoms with van der Waals surface area (Å²) in [6, 6.07) is 1.98. The number of aromatic nitrogens is 1. The van der Waals surface area contributed by atoms with Gasteiger partial charge in [0.05, 0.1) is 5.69 Å². The van der Waals surface area contributed by atoms with Crippen LogP contribution in [0, 0.1) is 13.8 Å². The summed E-state index contributed by atoms with van der Waals surface area (Å²) >= 11 is 1.44. The molecule has 0 bridgehead atoms. The normalized spacial score (nSPS) is 10.8. The summed E-state index contributed by atoms with van der Waals surface area (Å²) in [5.41, 5.74) is 8.53. The fourth-order valence-corrected chi connectivity index (χ4v) is 3.53. The van der Waals surface area contributed by atoms with Crippen molar-refractivity contribution >= 4 is 33.0 Å². The van der Waals surface area contributed by atoms with Gasteiger partial charge in [-0.05, 0) is 26.8 Å². The fraction of sp³-hybridized carbons (Fsp3) is 0.333. The number of nitrogens with zero attached hydrogens (tertiary/aromatic N) is 2. The molecule has 0 saturated carbocycles. The second-order valence-corrected chi connectivity index (χ2v) is 5.75. The first-order valence-electron chi connectivity index (χ1n) is 6.56. The van der Waals surface area contributed by atoms with Crippen molar-refractivity contribution in [2.75, 3.05) is 18.8 Å². The fourth-order valence-electron chi connectivity index (χ4n) is 2.29. The molecule has 4 nitrogen and oxygen atoms in total. The van der Waals surface area contributed by atoms with Crippen molar-refractivity contribution in [1.29, 1.82) is 0 Å². The number of pyridine rings is 1. The van der Waals surface area contributed by atoms with E-state index < -0.39 is 0 Å². The van der Waals surface area contributed by atoms with E-state index >= 15 is 0 Å². The summed E-state index contributed by atoms with van der Waals surface area (Å²) < 4.78 is 1.02. The number of aryl methyl sites for hydroxylation is 2. The molecule has 0 fully saturated rings. The van der Waals surface area contributed by atoms with Crippen molar-refractivity contribution < 1.29 is 4.79 Å². The van der Waals surface area contributed by atoms with Gasteiger partial charge in [-0.1, -0.05) is 6.08 Å². The molecule has 0 aliphatic carbocycles. The molecule has 2 rings (SSSR count). The SMILES string of the molecule is C=CCN(CC)C(=O)c1sc2cc(C)nc(C)c2c1N. The predicted octanol–water partition coefficient (Wildman–Crippen LogP) is 3.14. The molecule has 5 heteroatoms. The second kappa shape index (κ2) is 5.63. The summed E-state index contributed by atoms with van der Waals surface area (Å²) in [5, 5.41) is 0.901. The van der Waals surface area contributed by atoms with Crippen LogP contribution in [0.2, 0.25) is 0 Å². The third kappa shape index (κ3) is 2.41. The van der Waals surface area contributed by atoms with E-state index in [1.54, 1.807) is 11.0 Å². The Labute approximate surface area is 122 Å². The molecule has 0 aliphatic rings. The van der Waals surface area contributed by atoms with Crippen LogP contribution < -0.4 is 5.73 Å². The Bertz CT molecular complexity index is 675. The Morgan fingerprint density at radius 3 is 2.85 bits per heavy atom. The molecule has 106 valence electrons. The highest BCUT2D eigenvalue weighted by Gasteiger charge is 2.21. The number of rotatable bonds is 4. The van der Waals surface area contributed by atoms with Crippen LogP contribution in [-0.4, -0.2) is 28.9 Å². The summed E-state index contributed by atoms with van der Waals surface area (Å²) in [6.07, 6.45) is 1.72. The monoisotopic (exact) mass is 289 g/mol. The zero-order valence-corrected chi connectivity index (χ0v) is 12.9. The number of carbonyl (C=O) groups excluding carboxylic acids is 1. The van der Waals surface area contributed by atoms with Gasteiger partial charge >= 0.3 is 0 Å². The van der Waals surface area contributed by atoms with Crippen molar-refractivity contribution in [2.45, 2.75) is 20.8 Å². The highest BCUT2D eigenvalue weighted by atomic mass is 32.1. The molecule has 0 unspecified atom stereocenters. The summed E-state index contributed by atoms with van der Waals surface area (Å²) in [4.78, 5) is 19.3. The topological polar surface area (TPSA) is 59.2 Å². The number of hydrogen-bond donors (Lipinski definition) is 1. The molecule has 0 radical (unpaired) electrons. The van der Waals surface area contributed by atoms with Crippen LogP contribution in [0.1, 0.15) is 28.0 Å². The van der Waals surface area contributed by atoms with E-state index in [1.165, 1.54) is 11.3 Å². The Hall–Kier alpha value is -1.88. The zero-order valence-electron chi connectivity index (χ0n) is 12.1. The first-order valence-corrected chi connectivity index (χ1v) is 7.37. The quantitative estimate of drug-likeness (QED) is 0.880. The second-order valence-electron chi connectivity index (χ2n) is 4.70. The van der Waals surface area contributed by atoms with Crippen molar-refractivity contribution in [3.63, 3.8) is 0 Å². The van der Waals surface area contributed by atoms with Crippen LogP contribution in [-0.2, 0) is 0 Å². The molecule has 2 aromatic heterocycles. The average Bonchev–Trinajstić information content (AvgIpc) is 2.72. The minimum absolute atomic E-state index is 0.0387. The number of hydrogen-bond acceptors (Lipinski definition) is 4. The predicted molar refractivity (Wildman–Crippen MR) is 85.3 cm³/mol. The van der Waals surface area contributed by atoms with Crippen molar-refractivity contribution in [1.82, 2.24) is 9.88 Å². The molecule has 2 heterocycles. The molecule has 0 spiro atoms. The van der Waals surface area contributed by atoms with Crippen molar-refractivity contribution in [3.05, 3.63) is 35.0 Å². The lowest BCUT2D eigenvalue weighted by Crippen LogP contribution is -2.30. The Balaban J connectivity index is 2.55. The van der Waals surface area contributed by atoms with Gasteiger partial charge in [-0.3, -0.25) is 9.78 Å². The van der Waals surface area contributed by atoms with E-state index in [1.807, 2.05) is 26.8 Å². The maximum absolute atomic E-state index is 12.5. The molecule has 0 aromatic carbocycles. The molecule has 0 aliphatic heterocycles. The van der Waals surface area contributed by atoms with E-state index in [0.717, 1.165) is 21.5 Å². The van der Waals surface area contributed by atoms with E-state index in [9.17, 15) is 4.79 Å². The van der Waals surface area contributed by atoms with Gasteiger partial charge in [0, 0.05) is 34.6 Å². The molecule has 1 amide bonds. The van der Waals surface area contributed by atoms with Gasteiger partial charge in [0.25, 0.3) is 5.91 Å². The van der Waals surface area contributed by atoms with E-state index in [2.05, 4.69) is 11.6 Å². The Morgan fingerprint density at radius 1 is 1.55 bits per heavy atom. The molecular formula is C15H19N3OS. The number of thiophene rings is 1. The average molecular weight is 289 g/mol. The number of carbonyl (C=O) groups is 1. The lowest BCUT2D eigenvalue weighted by atomic mass is 10.2. The van der Waals surface area contributed by atoms with Gasteiger partial charge < -0.3 is 10.6 Å². The number of nitrogen functional groups attached to an aromatic ring is 1. The maximum Gasteiger partial charge on any atom is 0.266 e. The third-order valence-corrected chi connectivity index (χ3v) is 4.37. The third-order valence-electron chi connectivity index (χ3n) is 3.23. The van der Waals surface area contributed by atoms with Gasteiger partial charge in [0.1, 0.15) is 4.88 Å². The first-order chi connectivity index (χ1) is 9.49. The molecular weight excluding hydrogens is 270 g/mol. The number of anilines is 1. The number of fused-ring (bicyclic) bond motifs is 1. The minimum atomic E-state index is -0.0387. The molecule has 2 aromatic rings. The highest BCUT2D eigenvalue weighted by molar-refractivity contribution is 7.21.